The van der Waals surface area contributed by atoms with Crippen molar-refractivity contribution in [3.05, 3.63) is 69.7 Å². The van der Waals surface area contributed by atoms with Gasteiger partial charge in [0.25, 0.3) is 5.91 Å². The minimum Gasteiger partial charge on any atom is -0.319 e. The molecule has 1 aliphatic heterocycles. The summed E-state index contributed by atoms with van der Waals surface area (Å²) in [7, 11) is 0. The first-order chi connectivity index (χ1) is 10.9. The van der Waals surface area contributed by atoms with E-state index in [1.165, 1.54) is 4.90 Å². The summed E-state index contributed by atoms with van der Waals surface area (Å²) in [6, 6.07) is 13.7. The van der Waals surface area contributed by atoms with Gasteiger partial charge in [-0.05, 0) is 30.2 Å². The Labute approximate surface area is 144 Å². The van der Waals surface area contributed by atoms with Gasteiger partial charge in [0.05, 0.1) is 6.54 Å². The first kappa shape index (κ1) is 15.8. The van der Waals surface area contributed by atoms with Gasteiger partial charge in [0, 0.05) is 10.0 Å². The van der Waals surface area contributed by atoms with E-state index in [4.69, 9.17) is 23.2 Å². The van der Waals surface area contributed by atoms with Gasteiger partial charge >= 0.3 is 6.03 Å². The number of hydrogen-bond donors (Lipinski definition) is 1. The SMILES string of the molecule is C[C@]1(c2ccccc2)NC(=O)N(Cc2ccc(Cl)cc2Cl)C1=O. The molecule has 4 nitrogen and oxygen atoms in total. The number of halogens is 2. The van der Waals surface area contributed by atoms with E-state index in [1.807, 2.05) is 30.3 Å². The Morgan fingerprint density at radius 1 is 1.09 bits per heavy atom. The van der Waals surface area contributed by atoms with Gasteiger partial charge in [-0.2, -0.15) is 0 Å². The molecule has 6 heteroatoms. The van der Waals surface area contributed by atoms with Gasteiger partial charge < -0.3 is 5.32 Å². The van der Waals surface area contributed by atoms with Crippen LogP contribution in [0.25, 0.3) is 0 Å². The summed E-state index contributed by atoms with van der Waals surface area (Å²) in [5, 5.41) is 3.69. The third-order valence-corrected chi connectivity index (χ3v) is 4.56. The van der Waals surface area contributed by atoms with E-state index >= 15 is 0 Å². The molecule has 2 aromatic carbocycles. The molecule has 118 valence electrons. The molecule has 0 aliphatic carbocycles. The second-order valence-corrected chi connectivity index (χ2v) is 6.39. The number of carbonyl (C=O) groups excluding carboxylic acids is 2. The monoisotopic (exact) mass is 348 g/mol. The van der Waals surface area contributed by atoms with Crippen molar-refractivity contribution < 1.29 is 9.59 Å². The number of carbonyl (C=O) groups is 2. The predicted octanol–water partition coefficient (Wildman–Crippen LogP) is 3.96. The van der Waals surface area contributed by atoms with E-state index in [-0.39, 0.29) is 12.5 Å². The lowest BCUT2D eigenvalue weighted by Gasteiger charge is -2.22. The van der Waals surface area contributed by atoms with Gasteiger partial charge in [0.15, 0.2) is 0 Å². The minimum absolute atomic E-state index is 0.100. The van der Waals surface area contributed by atoms with E-state index in [1.54, 1.807) is 25.1 Å². The Hall–Kier alpha value is -2.04. The Balaban J connectivity index is 1.90. The molecule has 1 saturated heterocycles. The fourth-order valence-electron chi connectivity index (χ4n) is 2.63. The van der Waals surface area contributed by atoms with Gasteiger partial charge in [-0.1, -0.05) is 59.6 Å². The van der Waals surface area contributed by atoms with E-state index in [0.717, 1.165) is 5.56 Å². The van der Waals surface area contributed by atoms with Crippen LogP contribution in [0.5, 0.6) is 0 Å². The number of hydrogen-bond acceptors (Lipinski definition) is 2. The van der Waals surface area contributed by atoms with Crippen LogP contribution in [0.15, 0.2) is 48.5 Å². The summed E-state index contributed by atoms with van der Waals surface area (Å²) < 4.78 is 0. The largest absolute Gasteiger partial charge is 0.325 e. The molecule has 1 aliphatic rings. The third-order valence-electron chi connectivity index (χ3n) is 3.97. The Kier molecular flexibility index (Phi) is 4.04. The molecule has 3 amide bonds. The van der Waals surface area contributed by atoms with Crippen molar-refractivity contribution in [2.75, 3.05) is 0 Å². The zero-order chi connectivity index (χ0) is 16.6. The second-order valence-electron chi connectivity index (χ2n) is 5.55. The molecule has 1 heterocycles. The van der Waals surface area contributed by atoms with E-state index in [0.29, 0.717) is 15.6 Å². The van der Waals surface area contributed by atoms with Gasteiger partial charge in [0.2, 0.25) is 0 Å². The number of imide groups is 1. The van der Waals surface area contributed by atoms with Crippen LogP contribution in [0.1, 0.15) is 18.1 Å². The lowest BCUT2D eigenvalue weighted by atomic mass is 9.92. The van der Waals surface area contributed by atoms with E-state index in [2.05, 4.69) is 5.32 Å². The number of amides is 3. The highest BCUT2D eigenvalue weighted by Crippen LogP contribution is 2.31. The van der Waals surface area contributed by atoms with Crippen LogP contribution in [-0.2, 0) is 16.9 Å². The molecule has 0 bridgehead atoms. The van der Waals surface area contributed by atoms with E-state index in [9.17, 15) is 9.59 Å². The standard InChI is InChI=1S/C17H14Cl2N2O2/c1-17(12-5-3-2-4-6-12)15(22)21(16(23)20-17)10-11-7-8-13(18)9-14(11)19/h2-9H,10H2,1H3,(H,20,23)/t17-/m1/s1. The average molecular weight is 349 g/mol. The molecule has 0 aromatic heterocycles. The second kappa shape index (κ2) is 5.87. The highest BCUT2D eigenvalue weighted by atomic mass is 35.5. The average Bonchev–Trinajstić information content (AvgIpc) is 2.75. The molecular formula is C17H14Cl2N2O2. The van der Waals surface area contributed by atoms with Crippen molar-refractivity contribution in [3.63, 3.8) is 0 Å². The number of urea groups is 1. The van der Waals surface area contributed by atoms with E-state index < -0.39 is 11.6 Å². The maximum Gasteiger partial charge on any atom is 0.325 e. The van der Waals surface area contributed by atoms with Crippen molar-refractivity contribution in [2.45, 2.75) is 19.0 Å². The van der Waals surface area contributed by atoms with Crippen LogP contribution in [0.2, 0.25) is 10.0 Å². The van der Waals surface area contributed by atoms with Gasteiger partial charge in [-0.15, -0.1) is 0 Å². The topological polar surface area (TPSA) is 49.4 Å². The Morgan fingerprint density at radius 2 is 1.78 bits per heavy atom. The number of benzene rings is 2. The third kappa shape index (κ3) is 2.80. The molecule has 1 N–H and O–H groups in total. The lowest BCUT2D eigenvalue weighted by Crippen LogP contribution is -2.40. The zero-order valence-electron chi connectivity index (χ0n) is 12.3. The summed E-state index contributed by atoms with van der Waals surface area (Å²) in [6.07, 6.45) is 0. The number of nitrogens with zero attached hydrogens (tertiary/aromatic N) is 1. The first-order valence-corrected chi connectivity index (χ1v) is 7.81. The molecule has 2 aromatic rings. The van der Waals surface area contributed by atoms with Crippen LogP contribution in [0, 0.1) is 0 Å². The van der Waals surface area contributed by atoms with Gasteiger partial charge in [-0.3, -0.25) is 9.69 Å². The van der Waals surface area contributed by atoms with Crippen LogP contribution in [0.3, 0.4) is 0 Å². The molecular weight excluding hydrogens is 335 g/mol. The predicted molar refractivity (Wildman–Crippen MR) is 89.3 cm³/mol. The summed E-state index contributed by atoms with van der Waals surface area (Å²) in [6.45, 7) is 1.80. The van der Waals surface area contributed by atoms with Crippen LogP contribution < -0.4 is 5.32 Å². The maximum atomic E-state index is 12.8. The molecule has 0 radical (unpaired) electrons. The molecule has 0 spiro atoms. The molecule has 1 fully saturated rings. The summed E-state index contributed by atoms with van der Waals surface area (Å²) in [5.41, 5.74) is 0.331. The fraction of sp³-hybridized carbons (Fsp3) is 0.176. The molecule has 1 atom stereocenters. The highest BCUT2D eigenvalue weighted by Gasteiger charge is 2.48. The minimum atomic E-state index is -1.07. The summed E-state index contributed by atoms with van der Waals surface area (Å²) >= 11 is 12.0. The molecule has 0 unspecified atom stereocenters. The van der Waals surface area contributed by atoms with Crippen LogP contribution in [-0.4, -0.2) is 16.8 Å². The van der Waals surface area contributed by atoms with Crippen LogP contribution >= 0.6 is 23.2 Å². The smallest absolute Gasteiger partial charge is 0.319 e. The summed E-state index contributed by atoms with van der Waals surface area (Å²) in [4.78, 5) is 26.2. The lowest BCUT2D eigenvalue weighted by molar-refractivity contribution is -0.131. The van der Waals surface area contributed by atoms with Crippen molar-refractivity contribution in [1.82, 2.24) is 10.2 Å². The molecule has 0 saturated carbocycles. The van der Waals surface area contributed by atoms with Gasteiger partial charge in [-0.25, -0.2) is 4.79 Å². The molecule has 23 heavy (non-hydrogen) atoms. The Bertz CT molecular complexity index is 779. The van der Waals surface area contributed by atoms with Crippen LogP contribution in [0.4, 0.5) is 4.79 Å². The van der Waals surface area contributed by atoms with Gasteiger partial charge in [0.1, 0.15) is 5.54 Å². The normalized spacial score (nSPS) is 20.7. The zero-order valence-corrected chi connectivity index (χ0v) is 13.9. The number of rotatable bonds is 3. The van der Waals surface area contributed by atoms with Crippen molar-refractivity contribution in [3.8, 4) is 0 Å². The highest BCUT2D eigenvalue weighted by molar-refractivity contribution is 6.35. The first-order valence-electron chi connectivity index (χ1n) is 7.05. The van der Waals surface area contributed by atoms with Crippen molar-refractivity contribution in [1.29, 1.82) is 0 Å². The quantitative estimate of drug-likeness (QED) is 0.853. The van der Waals surface area contributed by atoms with Crippen molar-refractivity contribution in [2.24, 2.45) is 0 Å². The fourth-order valence-corrected chi connectivity index (χ4v) is 3.10. The summed E-state index contributed by atoms with van der Waals surface area (Å²) in [5.74, 6) is -0.306. The number of nitrogens with one attached hydrogen (secondary N) is 1. The molecule has 3 rings (SSSR count). The maximum absolute atomic E-state index is 12.8. The Morgan fingerprint density at radius 3 is 2.43 bits per heavy atom. The van der Waals surface area contributed by atoms with Crippen molar-refractivity contribution >= 4 is 35.1 Å².